The second kappa shape index (κ2) is 4.51. The molecule has 0 aliphatic carbocycles. The lowest BCUT2D eigenvalue weighted by Crippen LogP contribution is -2.41. The number of H-pyrrole nitrogens is 1. The standard InChI is InChI=1S/C14H17BF2N2O2/c1-13(2)14(3,4)21-15(20-13)8-5-6-9-10(7-8)19-12(18-9)11(16)17/h5-7,11H,1-4H3,(H,18,19). The normalized spacial score (nSPS) is 20.6. The Labute approximate surface area is 122 Å². The molecular formula is C14H17BF2N2O2. The van der Waals surface area contributed by atoms with Crippen molar-refractivity contribution in [3.05, 3.63) is 24.0 Å². The van der Waals surface area contributed by atoms with Crippen LogP contribution in [0.1, 0.15) is 39.9 Å². The number of fused-ring (bicyclic) bond motifs is 1. The molecule has 112 valence electrons. The number of nitrogens with one attached hydrogen (secondary N) is 1. The molecule has 2 aromatic rings. The fraction of sp³-hybridized carbons (Fsp3) is 0.500. The SMILES string of the molecule is CC1(C)OB(c2ccc3nc(C(F)F)[nH]c3c2)OC1(C)C. The van der Waals surface area contributed by atoms with Gasteiger partial charge in [0.1, 0.15) is 0 Å². The zero-order valence-corrected chi connectivity index (χ0v) is 12.4. The van der Waals surface area contributed by atoms with Crippen LogP contribution in [0.25, 0.3) is 11.0 Å². The van der Waals surface area contributed by atoms with Crippen LogP contribution >= 0.6 is 0 Å². The lowest BCUT2D eigenvalue weighted by Gasteiger charge is -2.32. The predicted octanol–water partition coefficient (Wildman–Crippen LogP) is 2.80. The van der Waals surface area contributed by atoms with Gasteiger partial charge >= 0.3 is 7.12 Å². The Hall–Kier alpha value is -1.47. The van der Waals surface area contributed by atoms with E-state index in [0.717, 1.165) is 5.46 Å². The molecule has 1 aliphatic heterocycles. The maximum Gasteiger partial charge on any atom is 0.494 e. The molecule has 1 aromatic heterocycles. The lowest BCUT2D eigenvalue weighted by atomic mass is 9.79. The van der Waals surface area contributed by atoms with Gasteiger partial charge in [0.15, 0.2) is 5.82 Å². The van der Waals surface area contributed by atoms with Gasteiger partial charge in [-0.3, -0.25) is 0 Å². The number of nitrogens with zero attached hydrogens (tertiary/aromatic N) is 1. The molecule has 1 aromatic carbocycles. The topological polar surface area (TPSA) is 47.1 Å². The van der Waals surface area contributed by atoms with Crippen molar-refractivity contribution < 1.29 is 18.1 Å². The van der Waals surface area contributed by atoms with E-state index in [9.17, 15) is 8.78 Å². The van der Waals surface area contributed by atoms with Crippen LogP contribution in [-0.2, 0) is 9.31 Å². The van der Waals surface area contributed by atoms with Crippen LogP contribution in [0.15, 0.2) is 18.2 Å². The number of aromatic amines is 1. The van der Waals surface area contributed by atoms with Gasteiger partial charge in [-0.05, 0) is 45.3 Å². The first-order valence-corrected chi connectivity index (χ1v) is 6.83. The zero-order valence-electron chi connectivity index (χ0n) is 12.4. The van der Waals surface area contributed by atoms with Crippen LogP contribution < -0.4 is 5.46 Å². The number of hydrogen-bond donors (Lipinski definition) is 1. The van der Waals surface area contributed by atoms with Crippen molar-refractivity contribution in [2.45, 2.75) is 45.3 Å². The van der Waals surface area contributed by atoms with Crippen LogP contribution in [0.3, 0.4) is 0 Å². The van der Waals surface area contributed by atoms with Gasteiger partial charge < -0.3 is 14.3 Å². The van der Waals surface area contributed by atoms with E-state index < -0.39 is 24.7 Å². The number of aromatic nitrogens is 2. The first-order chi connectivity index (χ1) is 9.69. The van der Waals surface area contributed by atoms with E-state index in [2.05, 4.69) is 9.97 Å². The molecule has 0 atom stereocenters. The Balaban J connectivity index is 1.95. The van der Waals surface area contributed by atoms with Gasteiger partial charge in [0, 0.05) is 0 Å². The molecule has 0 amide bonds. The Morgan fingerprint density at radius 1 is 1.14 bits per heavy atom. The number of benzene rings is 1. The first kappa shape index (κ1) is 14.5. The van der Waals surface area contributed by atoms with Gasteiger partial charge in [-0.2, -0.15) is 0 Å². The fourth-order valence-corrected chi connectivity index (χ4v) is 2.28. The molecular weight excluding hydrogens is 277 g/mol. The van der Waals surface area contributed by atoms with E-state index in [-0.39, 0.29) is 5.82 Å². The van der Waals surface area contributed by atoms with Gasteiger partial charge in [0.2, 0.25) is 0 Å². The van der Waals surface area contributed by atoms with Crippen LogP contribution in [-0.4, -0.2) is 28.3 Å². The van der Waals surface area contributed by atoms with Crippen molar-refractivity contribution in [3.8, 4) is 0 Å². The van der Waals surface area contributed by atoms with Crippen LogP contribution in [0.5, 0.6) is 0 Å². The number of imidazole rings is 1. The summed E-state index contributed by atoms with van der Waals surface area (Å²) in [6, 6.07) is 5.23. The molecule has 1 N–H and O–H groups in total. The van der Waals surface area contributed by atoms with Crippen molar-refractivity contribution in [2.24, 2.45) is 0 Å². The van der Waals surface area contributed by atoms with Crippen molar-refractivity contribution in [1.29, 1.82) is 0 Å². The van der Waals surface area contributed by atoms with E-state index >= 15 is 0 Å². The molecule has 1 aliphatic rings. The molecule has 7 heteroatoms. The molecule has 21 heavy (non-hydrogen) atoms. The largest absolute Gasteiger partial charge is 0.494 e. The maximum absolute atomic E-state index is 12.7. The lowest BCUT2D eigenvalue weighted by molar-refractivity contribution is 0.00578. The maximum atomic E-state index is 12.7. The highest BCUT2D eigenvalue weighted by Crippen LogP contribution is 2.36. The van der Waals surface area contributed by atoms with Crippen LogP contribution in [0.2, 0.25) is 0 Å². The molecule has 0 unspecified atom stereocenters. The average Bonchev–Trinajstić information content (AvgIpc) is 2.88. The summed E-state index contributed by atoms with van der Waals surface area (Å²) in [7, 11) is -0.516. The minimum atomic E-state index is -2.61. The minimum absolute atomic E-state index is 0.323. The average molecular weight is 294 g/mol. The second-order valence-electron chi connectivity index (χ2n) is 6.29. The monoisotopic (exact) mass is 294 g/mol. The molecule has 0 saturated carbocycles. The number of alkyl halides is 2. The summed E-state index contributed by atoms with van der Waals surface area (Å²) < 4.78 is 37.2. The highest BCUT2D eigenvalue weighted by molar-refractivity contribution is 6.62. The molecule has 0 radical (unpaired) electrons. The van der Waals surface area contributed by atoms with Gasteiger partial charge in [0.25, 0.3) is 6.43 Å². The Morgan fingerprint density at radius 2 is 1.76 bits per heavy atom. The predicted molar refractivity (Wildman–Crippen MR) is 76.8 cm³/mol. The quantitative estimate of drug-likeness (QED) is 0.866. The van der Waals surface area contributed by atoms with Crippen molar-refractivity contribution in [1.82, 2.24) is 9.97 Å². The molecule has 1 fully saturated rings. The molecule has 0 spiro atoms. The minimum Gasteiger partial charge on any atom is -0.399 e. The zero-order chi connectivity index (χ0) is 15.4. The molecule has 3 rings (SSSR count). The third-order valence-corrected chi connectivity index (χ3v) is 4.26. The Morgan fingerprint density at radius 3 is 2.33 bits per heavy atom. The molecule has 4 nitrogen and oxygen atoms in total. The van der Waals surface area contributed by atoms with Crippen LogP contribution in [0.4, 0.5) is 8.78 Å². The summed E-state index contributed by atoms with van der Waals surface area (Å²) in [5.74, 6) is -0.323. The highest BCUT2D eigenvalue weighted by Gasteiger charge is 2.51. The van der Waals surface area contributed by atoms with Crippen molar-refractivity contribution in [2.75, 3.05) is 0 Å². The first-order valence-electron chi connectivity index (χ1n) is 6.83. The Bertz CT molecular complexity index is 669. The molecule has 2 heterocycles. The van der Waals surface area contributed by atoms with Gasteiger partial charge in [-0.25, -0.2) is 13.8 Å². The molecule has 1 saturated heterocycles. The van der Waals surface area contributed by atoms with E-state index in [1.54, 1.807) is 18.2 Å². The van der Waals surface area contributed by atoms with E-state index in [1.807, 2.05) is 27.7 Å². The second-order valence-corrected chi connectivity index (χ2v) is 6.29. The smallest absolute Gasteiger partial charge is 0.399 e. The third-order valence-electron chi connectivity index (χ3n) is 4.26. The third kappa shape index (κ3) is 2.34. The number of halogens is 2. The highest BCUT2D eigenvalue weighted by atomic mass is 19.3. The summed E-state index contributed by atoms with van der Waals surface area (Å²) >= 11 is 0. The van der Waals surface area contributed by atoms with Crippen LogP contribution in [0, 0.1) is 0 Å². The van der Waals surface area contributed by atoms with Gasteiger partial charge in [-0.1, -0.05) is 6.07 Å². The van der Waals surface area contributed by atoms with E-state index in [4.69, 9.17) is 9.31 Å². The fourth-order valence-electron chi connectivity index (χ4n) is 2.28. The Kier molecular flexibility index (Phi) is 3.11. The number of rotatable bonds is 2. The number of hydrogen-bond acceptors (Lipinski definition) is 3. The summed E-state index contributed by atoms with van der Waals surface area (Å²) in [5, 5.41) is 0. The summed E-state index contributed by atoms with van der Waals surface area (Å²) in [6.45, 7) is 7.88. The van der Waals surface area contributed by atoms with Crippen molar-refractivity contribution in [3.63, 3.8) is 0 Å². The molecule has 0 bridgehead atoms. The van der Waals surface area contributed by atoms with E-state index in [1.165, 1.54) is 0 Å². The van der Waals surface area contributed by atoms with Gasteiger partial charge in [-0.15, -0.1) is 0 Å². The van der Waals surface area contributed by atoms with E-state index in [0.29, 0.717) is 11.0 Å². The summed E-state index contributed by atoms with van der Waals surface area (Å²) in [6.07, 6.45) is -2.61. The summed E-state index contributed by atoms with van der Waals surface area (Å²) in [4.78, 5) is 6.48. The van der Waals surface area contributed by atoms with Gasteiger partial charge in [0.05, 0.1) is 22.2 Å². The van der Waals surface area contributed by atoms with Crippen molar-refractivity contribution >= 4 is 23.6 Å². The summed E-state index contributed by atoms with van der Waals surface area (Å²) in [5.41, 5.74) is 0.970.